The van der Waals surface area contributed by atoms with E-state index in [2.05, 4.69) is 35.9 Å². The van der Waals surface area contributed by atoms with Crippen molar-refractivity contribution < 1.29 is 22.7 Å². The van der Waals surface area contributed by atoms with Gasteiger partial charge in [-0.3, -0.25) is 4.57 Å². The van der Waals surface area contributed by atoms with Crippen LogP contribution in [0.3, 0.4) is 0 Å². The van der Waals surface area contributed by atoms with Gasteiger partial charge in [0, 0.05) is 31.7 Å². The fourth-order valence-corrected chi connectivity index (χ4v) is 5.41. The van der Waals surface area contributed by atoms with Crippen molar-refractivity contribution in [2.75, 3.05) is 36.5 Å². The van der Waals surface area contributed by atoms with Crippen LogP contribution >= 0.6 is 0 Å². The number of carbonyl (C=O) groups is 1. The Hall–Kier alpha value is -4.46. The van der Waals surface area contributed by atoms with Crippen LogP contribution in [0.5, 0.6) is 0 Å². The van der Waals surface area contributed by atoms with E-state index in [1.54, 1.807) is 36.4 Å². The first-order valence-electron chi connectivity index (χ1n) is 14.3. The molecule has 1 saturated carbocycles. The molecule has 3 N–H and O–H groups in total. The number of ether oxygens (including phenoxy) is 1. The van der Waals surface area contributed by atoms with E-state index in [9.17, 15) is 18.0 Å². The van der Waals surface area contributed by atoms with E-state index in [0.29, 0.717) is 49.8 Å². The number of nitrogens with one attached hydrogen (secondary N) is 3. The molecule has 6 rings (SSSR count). The second-order valence-electron chi connectivity index (χ2n) is 10.6. The van der Waals surface area contributed by atoms with Crippen molar-refractivity contribution in [1.82, 2.24) is 35.1 Å². The first kappa shape index (κ1) is 28.6. The summed E-state index contributed by atoms with van der Waals surface area (Å²) in [5.41, 5.74) is 1.71. The third-order valence-corrected chi connectivity index (χ3v) is 7.65. The molecule has 1 saturated heterocycles. The number of carbonyl (C=O) groups excluding carboxylic acids is 1. The SMILES string of the molecule is O=C(NCc1ccc(F)cc1)NC1CCC(Nc2nc(N3CCOCC3)nc(-n3c(C(F)F)nc4ccccc43)n2)CC1. The summed E-state index contributed by atoms with van der Waals surface area (Å²) in [7, 11) is 0. The molecular weight excluding hydrogens is 563 g/mol. The van der Waals surface area contributed by atoms with E-state index in [1.165, 1.54) is 16.7 Å². The third-order valence-electron chi connectivity index (χ3n) is 7.65. The average molecular weight is 596 g/mol. The van der Waals surface area contributed by atoms with E-state index >= 15 is 0 Å². The normalized spacial score (nSPS) is 19.0. The van der Waals surface area contributed by atoms with Gasteiger partial charge in [-0.15, -0.1) is 0 Å². The average Bonchev–Trinajstić information content (AvgIpc) is 3.42. The summed E-state index contributed by atoms with van der Waals surface area (Å²) in [6, 6.07) is 12.6. The van der Waals surface area contributed by atoms with Gasteiger partial charge in [-0.05, 0) is 55.5 Å². The van der Waals surface area contributed by atoms with Crippen LogP contribution in [-0.2, 0) is 11.3 Å². The molecule has 1 aliphatic carbocycles. The molecule has 11 nitrogen and oxygen atoms in total. The summed E-state index contributed by atoms with van der Waals surface area (Å²) in [4.78, 5) is 32.3. The molecule has 2 aromatic heterocycles. The van der Waals surface area contributed by atoms with Crippen LogP contribution in [0.25, 0.3) is 17.0 Å². The molecule has 226 valence electrons. The highest BCUT2D eigenvalue weighted by molar-refractivity contribution is 5.77. The van der Waals surface area contributed by atoms with Crippen LogP contribution in [0, 0.1) is 5.82 Å². The Balaban J connectivity index is 1.15. The molecule has 0 radical (unpaired) electrons. The highest BCUT2D eigenvalue weighted by Gasteiger charge is 2.27. The Kier molecular flexibility index (Phi) is 8.54. The van der Waals surface area contributed by atoms with Crippen LogP contribution in [0.4, 0.5) is 29.9 Å². The summed E-state index contributed by atoms with van der Waals surface area (Å²) >= 11 is 0. The fourth-order valence-electron chi connectivity index (χ4n) is 5.41. The molecule has 2 amide bonds. The van der Waals surface area contributed by atoms with Crippen molar-refractivity contribution in [3.8, 4) is 5.95 Å². The molecule has 0 spiro atoms. The van der Waals surface area contributed by atoms with Crippen LogP contribution in [0.1, 0.15) is 43.5 Å². The summed E-state index contributed by atoms with van der Waals surface area (Å²) in [5, 5.41) is 9.20. The van der Waals surface area contributed by atoms with E-state index in [0.717, 1.165) is 31.2 Å². The third kappa shape index (κ3) is 6.79. The van der Waals surface area contributed by atoms with Crippen LogP contribution in [0.2, 0.25) is 0 Å². The number of urea groups is 1. The Bertz CT molecular complexity index is 1550. The molecule has 1 aliphatic heterocycles. The summed E-state index contributed by atoms with van der Waals surface area (Å²) < 4.78 is 48.1. The van der Waals surface area contributed by atoms with Crippen molar-refractivity contribution in [2.45, 2.75) is 50.7 Å². The van der Waals surface area contributed by atoms with Gasteiger partial charge in [0.2, 0.25) is 17.8 Å². The van der Waals surface area contributed by atoms with Gasteiger partial charge in [-0.2, -0.15) is 15.0 Å². The standard InChI is InChI=1S/C29H32F3N9O2/c30-19-7-5-18(6-8-19)17-33-29(42)35-21-11-9-20(10-12-21)34-26-37-27(40-13-15-43-16-14-40)39-28(38-26)41-23-4-2-1-3-22(23)36-25(41)24(31)32/h1-8,20-21,24H,9-17H2,(H2,33,35,42)(H,34,37,38,39). The maximum atomic E-state index is 14.1. The Labute approximate surface area is 245 Å². The molecule has 3 heterocycles. The Morgan fingerprint density at radius 2 is 1.60 bits per heavy atom. The number of hydrogen-bond acceptors (Lipinski definition) is 8. The number of halogens is 3. The predicted octanol–water partition coefficient (Wildman–Crippen LogP) is 4.35. The first-order chi connectivity index (χ1) is 20.9. The number of nitrogens with zero attached hydrogens (tertiary/aromatic N) is 6. The fraction of sp³-hybridized carbons (Fsp3) is 0.414. The summed E-state index contributed by atoms with van der Waals surface area (Å²) in [5.74, 6) is -0.0240. The monoisotopic (exact) mass is 595 g/mol. The maximum absolute atomic E-state index is 14.1. The summed E-state index contributed by atoms with van der Waals surface area (Å²) in [6.07, 6.45) is 0.123. The molecule has 0 atom stereocenters. The molecule has 14 heteroatoms. The number of fused-ring (bicyclic) bond motifs is 1. The largest absolute Gasteiger partial charge is 0.378 e. The number of alkyl halides is 2. The number of morpholine rings is 1. The lowest BCUT2D eigenvalue weighted by Gasteiger charge is -2.30. The van der Waals surface area contributed by atoms with Crippen molar-refractivity contribution >= 4 is 29.0 Å². The van der Waals surface area contributed by atoms with E-state index in [-0.39, 0.29) is 35.8 Å². The quantitative estimate of drug-likeness (QED) is 0.275. The number of aromatic nitrogens is 5. The van der Waals surface area contributed by atoms with E-state index in [1.807, 2.05) is 4.90 Å². The molecular formula is C29H32F3N9O2. The molecule has 2 aliphatic rings. The van der Waals surface area contributed by atoms with Gasteiger partial charge in [0.25, 0.3) is 6.43 Å². The maximum Gasteiger partial charge on any atom is 0.315 e. The lowest BCUT2D eigenvalue weighted by atomic mass is 9.91. The molecule has 0 unspecified atom stereocenters. The van der Waals surface area contributed by atoms with Crippen molar-refractivity contribution in [3.05, 3.63) is 65.7 Å². The second kappa shape index (κ2) is 12.8. The van der Waals surface area contributed by atoms with Crippen molar-refractivity contribution in [2.24, 2.45) is 0 Å². The Morgan fingerprint density at radius 1 is 0.907 bits per heavy atom. The zero-order valence-corrected chi connectivity index (χ0v) is 23.3. The van der Waals surface area contributed by atoms with Crippen molar-refractivity contribution in [1.29, 1.82) is 0 Å². The number of hydrogen-bond donors (Lipinski definition) is 3. The van der Waals surface area contributed by atoms with Gasteiger partial charge in [-0.25, -0.2) is 22.9 Å². The van der Waals surface area contributed by atoms with Crippen LogP contribution < -0.4 is 20.9 Å². The number of amides is 2. The smallest absolute Gasteiger partial charge is 0.315 e. The highest BCUT2D eigenvalue weighted by atomic mass is 19.3. The Morgan fingerprint density at radius 3 is 2.35 bits per heavy atom. The number of anilines is 2. The van der Waals surface area contributed by atoms with E-state index < -0.39 is 12.2 Å². The van der Waals surface area contributed by atoms with Crippen LogP contribution in [0.15, 0.2) is 48.5 Å². The van der Waals surface area contributed by atoms with E-state index in [4.69, 9.17) is 4.74 Å². The van der Waals surface area contributed by atoms with Gasteiger partial charge in [-0.1, -0.05) is 24.3 Å². The van der Waals surface area contributed by atoms with Gasteiger partial charge in [0.1, 0.15) is 5.82 Å². The van der Waals surface area contributed by atoms with Gasteiger partial charge < -0.3 is 25.6 Å². The minimum atomic E-state index is -2.83. The molecule has 0 bridgehead atoms. The zero-order valence-electron chi connectivity index (χ0n) is 23.3. The minimum Gasteiger partial charge on any atom is -0.378 e. The number of rotatable bonds is 8. The van der Waals surface area contributed by atoms with Gasteiger partial charge >= 0.3 is 6.03 Å². The van der Waals surface area contributed by atoms with Gasteiger partial charge in [0.05, 0.1) is 24.2 Å². The predicted molar refractivity (Wildman–Crippen MR) is 154 cm³/mol. The molecule has 2 fully saturated rings. The van der Waals surface area contributed by atoms with Gasteiger partial charge in [0.15, 0.2) is 5.82 Å². The lowest BCUT2D eigenvalue weighted by Crippen LogP contribution is -2.44. The second-order valence-corrected chi connectivity index (χ2v) is 10.6. The molecule has 2 aromatic carbocycles. The lowest BCUT2D eigenvalue weighted by molar-refractivity contribution is 0.122. The number of para-hydroxylation sites is 2. The number of imidazole rings is 1. The number of benzene rings is 2. The summed E-state index contributed by atoms with van der Waals surface area (Å²) in [6.45, 7) is 2.45. The molecule has 43 heavy (non-hydrogen) atoms. The first-order valence-corrected chi connectivity index (χ1v) is 14.3. The molecule has 4 aromatic rings. The van der Waals surface area contributed by atoms with Crippen molar-refractivity contribution in [3.63, 3.8) is 0 Å². The topological polar surface area (TPSA) is 122 Å². The zero-order chi connectivity index (χ0) is 29.8. The minimum absolute atomic E-state index is 0.00462. The highest BCUT2D eigenvalue weighted by Crippen LogP contribution is 2.28. The van der Waals surface area contributed by atoms with Crippen LogP contribution in [-0.4, -0.2) is 68.9 Å².